The third kappa shape index (κ3) is 6.80. The van der Waals surface area contributed by atoms with Crippen LogP contribution in [0.2, 0.25) is 15.1 Å². The third-order valence-electron chi connectivity index (χ3n) is 8.91. The van der Waals surface area contributed by atoms with Gasteiger partial charge in [-0.25, -0.2) is 17.9 Å². The first-order valence-corrected chi connectivity index (χ1v) is 18.4. The molecule has 258 valence electrons. The van der Waals surface area contributed by atoms with Crippen molar-refractivity contribution in [1.82, 2.24) is 14.5 Å². The van der Waals surface area contributed by atoms with E-state index in [0.717, 1.165) is 11.1 Å². The van der Waals surface area contributed by atoms with Crippen molar-refractivity contribution >= 4 is 56.7 Å². The zero-order valence-corrected chi connectivity index (χ0v) is 30.9. The quantitative estimate of drug-likeness (QED) is 0.260. The highest BCUT2D eigenvalue weighted by Crippen LogP contribution is 2.54. The molecule has 0 saturated carbocycles. The van der Waals surface area contributed by atoms with Crippen molar-refractivity contribution in [3.8, 4) is 5.75 Å². The van der Waals surface area contributed by atoms with Gasteiger partial charge in [0.15, 0.2) is 0 Å². The molecule has 0 radical (unpaired) electrons. The fourth-order valence-electron chi connectivity index (χ4n) is 6.49. The maximum Gasteiger partial charge on any atom is 0.326 e. The van der Waals surface area contributed by atoms with E-state index in [9.17, 15) is 18.3 Å². The van der Waals surface area contributed by atoms with Crippen molar-refractivity contribution in [2.45, 2.75) is 82.0 Å². The molecule has 3 aromatic carbocycles. The zero-order chi connectivity index (χ0) is 35.2. The van der Waals surface area contributed by atoms with E-state index in [0.29, 0.717) is 29.4 Å². The summed E-state index contributed by atoms with van der Waals surface area (Å²) in [6, 6.07) is 16.9. The number of benzene rings is 3. The number of nitrogens with zero attached hydrogens (tertiary/aromatic N) is 3. The standard InChI is InChI=1S/C35H41Cl3N4O5S/c1-7-47-29-20-28(38)30(48(45,46)40-33(2,3)4)19-27(29)31-39-34(5,22-10-14-24(36)15-11-22)35(6,23-12-16-25(37)17-13-23)42(31)32(44)41-18-8-9-26(43)21-41/h10-17,19-20,26,40,43H,7-9,18,21H2,1-6H3/t26?,34-,35+/m0/s1. The second kappa shape index (κ2) is 13.5. The number of hydrogen-bond acceptors (Lipinski definition) is 6. The number of urea groups is 1. The Labute approximate surface area is 297 Å². The fourth-order valence-corrected chi connectivity index (χ4v) is 8.70. The van der Waals surface area contributed by atoms with E-state index in [2.05, 4.69) is 4.72 Å². The number of rotatable bonds is 7. The van der Waals surface area contributed by atoms with Crippen LogP contribution in [0.5, 0.6) is 5.75 Å². The van der Waals surface area contributed by atoms with Gasteiger partial charge in [-0.15, -0.1) is 0 Å². The molecule has 0 aromatic heterocycles. The van der Waals surface area contributed by atoms with E-state index in [4.69, 9.17) is 44.5 Å². The molecule has 0 spiro atoms. The SMILES string of the molecule is CCOc1cc(Cl)c(S(=O)(=O)NC(C)(C)C)cc1C1=N[C@@](C)(c2ccc(Cl)cc2)[C@@](C)(c2ccc(Cl)cc2)N1C(=O)N1CCCC(O)C1. The van der Waals surface area contributed by atoms with Crippen molar-refractivity contribution in [3.05, 3.63) is 92.4 Å². The lowest BCUT2D eigenvalue weighted by Gasteiger charge is -2.47. The zero-order valence-electron chi connectivity index (χ0n) is 27.9. The summed E-state index contributed by atoms with van der Waals surface area (Å²) in [6.07, 6.45) is 0.505. The molecule has 48 heavy (non-hydrogen) atoms. The summed E-state index contributed by atoms with van der Waals surface area (Å²) in [5.74, 6) is 0.438. The number of halogens is 3. The lowest BCUT2D eigenvalue weighted by Crippen LogP contribution is -2.59. The van der Waals surface area contributed by atoms with E-state index >= 15 is 0 Å². The number of aliphatic imine (C=N–C) groups is 1. The Kier molecular flexibility index (Phi) is 10.2. The topological polar surface area (TPSA) is 112 Å². The number of ether oxygens (including phenoxy) is 1. The predicted octanol–water partition coefficient (Wildman–Crippen LogP) is 7.59. The van der Waals surface area contributed by atoms with Gasteiger partial charge in [0, 0.05) is 34.7 Å². The summed E-state index contributed by atoms with van der Waals surface area (Å²) in [5, 5.41) is 11.6. The molecular formula is C35H41Cl3N4O5S. The van der Waals surface area contributed by atoms with Gasteiger partial charge in [-0.1, -0.05) is 59.1 Å². The molecule has 0 aliphatic carbocycles. The van der Waals surface area contributed by atoms with Crippen molar-refractivity contribution in [3.63, 3.8) is 0 Å². The number of aliphatic hydroxyl groups is 1. The number of β-amino-alcohol motifs (C(OH)–C–C–N with tert-alkyl or cyclic N) is 1. The summed E-state index contributed by atoms with van der Waals surface area (Å²) < 4.78 is 36.2. The Morgan fingerprint density at radius 2 is 1.60 bits per heavy atom. The van der Waals surface area contributed by atoms with E-state index in [1.807, 2.05) is 38.1 Å². The highest BCUT2D eigenvalue weighted by atomic mass is 35.5. The van der Waals surface area contributed by atoms with Crippen LogP contribution in [0, 0.1) is 0 Å². The summed E-state index contributed by atoms with van der Waals surface area (Å²) in [5.41, 5.74) is -1.43. The number of hydrogen-bond donors (Lipinski definition) is 2. The number of piperidine rings is 1. The summed E-state index contributed by atoms with van der Waals surface area (Å²) in [6.45, 7) is 11.6. The van der Waals surface area contributed by atoms with Crippen LogP contribution in [-0.4, -0.2) is 66.5 Å². The van der Waals surface area contributed by atoms with Crippen LogP contribution in [0.1, 0.15) is 71.1 Å². The van der Waals surface area contributed by atoms with Crippen molar-refractivity contribution in [1.29, 1.82) is 0 Å². The predicted molar refractivity (Wildman–Crippen MR) is 191 cm³/mol. The molecule has 2 aliphatic rings. The second-order valence-corrected chi connectivity index (χ2v) is 16.5. The Morgan fingerprint density at radius 1 is 1.02 bits per heavy atom. The summed E-state index contributed by atoms with van der Waals surface area (Å²) >= 11 is 19.3. The molecule has 1 saturated heterocycles. The molecule has 2 heterocycles. The first kappa shape index (κ1) is 36.4. The van der Waals surface area contributed by atoms with Gasteiger partial charge < -0.3 is 14.7 Å². The first-order valence-electron chi connectivity index (χ1n) is 15.8. The number of nitrogens with one attached hydrogen (secondary N) is 1. The van der Waals surface area contributed by atoms with Crippen LogP contribution >= 0.6 is 34.8 Å². The number of likely N-dealkylation sites (tertiary alicyclic amines) is 1. The fraction of sp³-hybridized carbons (Fsp3) is 0.429. The number of amides is 2. The second-order valence-electron chi connectivity index (χ2n) is 13.5. The van der Waals surface area contributed by atoms with Crippen LogP contribution in [0.3, 0.4) is 0 Å². The molecule has 5 rings (SSSR count). The van der Waals surface area contributed by atoms with Gasteiger partial charge in [0.2, 0.25) is 10.0 Å². The first-order chi connectivity index (χ1) is 22.4. The van der Waals surface area contributed by atoms with Gasteiger partial charge in [0.1, 0.15) is 27.6 Å². The van der Waals surface area contributed by atoms with Crippen LogP contribution < -0.4 is 9.46 Å². The number of carbonyl (C=O) groups excluding carboxylic acids is 1. The Bertz CT molecular complexity index is 1830. The highest BCUT2D eigenvalue weighted by molar-refractivity contribution is 7.89. The lowest BCUT2D eigenvalue weighted by molar-refractivity contribution is 0.0596. The van der Waals surface area contributed by atoms with Crippen LogP contribution in [-0.2, 0) is 21.1 Å². The normalized spacial score (nSPS) is 23.3. The van der Waals surface area contributed by atoms with Crippen molar-refractivity contribution < 1.29 is 23.1 Å². The van der Waals surface area contributed by atoms with Gasteiger partial charge in [-0.05, 0) is 95.8 Å². The number of sulfonamides is 1. The highest BCUT2D eigenvalue weighted by Gasteiger charge is 2.60. The average molecular weight is 736 g/mol. The Hall–Kier alpha value is -2.86. The number of amidine groups is 1. The van der Waals surface area contributed by atoms with Gasteiger partial charge in [0.25, 0.3) is 0 Å². The molecule has 3 aromatic rings. The van der Waals surface area contributed by atoms with E-state index < -0.39 is 38.8 Å². The van der Waals surface area contributed by atoms with E-state index in [1.54, 1.807) is 61.8 Å². The molecule has 2 amide bonds. The van der Waals surface area contributed by atoms with Gasteiger partial charge in [0.05, 0.1) is 23.3 Å². The van der Waals surface area contributed by atoms with Crippen molar-refractivity contribution in [2.75, 3.05) is 19.7 Å². The molecule has 2 N–H and O–H groups in total. The smallest absolute Gasteiger partial charge is 0.326 e. The largest absolute Gasteiger partial charge is 0.493 e. The average Bonchev–Trinajstić information content (AvgIpc) is 3.24. The Balaban J connectivity index is 1.86. The molecule has 13 heteroatoms. The van der Waals surface area contributed by atoms with Crippen molar-refractivity contribution in [2.24, 2.45) is 4.99 Å². The molecule has 1 unspecified atom stereocenters. The van der Waals surface area contributed by atoms with Crippen LogP contribution in [0.25, 0.3) is 0 Å². The third-order valence-corrected chi connectivity index (χ3v) is 11.6. The minimum absolute atomic E-state index is 0.0458. The maximum atomic E-state index is 15.0. The minimum atomic E-state index is -4.14. The molecule has 0 bridgehead atoms. The molecule has 3 atom stereocenters. The monoisotopic (exact) mass is 734 g/mol. The van der Waals surface area contributed by atoms with Gasteiger partial charge in [-0.3, -0.25) is 9.89 Å². The van der Waals surface area contributed by atoms with Gasteiger partial charge >= 0.3 is 6.03 Å². The van der Waals surface area contributed by atoms with E-state index in [1.165, 1.54) is 12.1 Å². The minimum Gasteiger partial charge on any atom is -0.493 e. The van der Waals surface area contributed by atoms with Gasteiger partial charge in [-0.2, -0.15) is 0 Å². The molecule has 9 nitrogen and oxygen atoms in total. The van der Waals surface area contributed by atoms with Crippen LogP contribution in [0.4, 0.5) is 4.79 Å². The van der Waals surface area contributed by atoms with Crippen LogP contribution in [0.15, 0.2) is 70.6 Å². The molecular weight excluding hydrogens is 695 g/mol. The number of carbonyl (C=O) groups is 1. The maximum absolute atomic E-state index is 15.0. The number of aliphatic hydroxyl groups excluding tert-OH is 1. The lowest BCUT2D eigenvalue weighted by atomic mass is 9.71. The summed E-state index contributed by atoms with van der Waals surface area (Å²) in [4.78, 5) is 23.4. The van der Waals surface area contributed by atoms with E-state index in [-0.39, 0.29) is 40.2 Å². The molecule has 2 aliphatic heterocycles. The Morgan fingerprint density at radius 3 is 2.15 bits per heavy atom. The molecule has 1 fully saturated rings. The summed E-state index contributed by atoms with van der Waals surface area (Å²) in [7, 11) is -4.14.